The van der Waals surface area contributed by atoms with E-state index >= 15 is 0 Å². The molecule has 6 nitrogen and oxygen atoms in total. The summed E-state index contributed by atoms with van der Waals surface area (Å²) in [5.74, 6) is 0.369. The molecule has 0 saturated carbocycles. The molecular formula is C13H15N3O3. The summed E-state index contributed by atoms with van der Waals surface area (Å²) >= 11 is 0. The molecule has 0 saturated heterocycles. The second-order valence-electron chi connectivity index (χ2n) is 4.57. The molecule has 2 heterocycles. The lowest BCUT2D eigenvalue weighted by atomic mass is 10.0. The topological polar surface area (TPSA) is 85.1 Å². The molecule has 1 aliphatic rings. The molecule has 3 rings (SSSR count). The van der Waals surface area contributed by atoms with Crippen molar-refractivity contribution in [2.45, 2.75) is 13.3 Å². The van der Waals surface area contributed by atoms with Crippen LogP contribution in [0.15, 0.2) is 17.1 Å². The van der Waals surface area contributed by atoms with Gasteiger partial charge in [-0.05, 0) is 31.0 Å². The van der Waals surface area contributed by atoms with Crippen LogP contribution in [0, 0.1) is 5.21 Å². The molecule has 0 aliphatic carbocycles. The number of aromatic amines is 1. The minimum Gasteiger partial charge on any atom is -0.595 e. The van der Waals surface area contributed by atoms with Gasteiger partial charge in [-0.3, -0.25) is 4.99 Å². The van der Waals surface area contributed by atoms with E-state index in [-0.39, 0.29) is 5.69 Å². The van der Waals surface area contributed by atoms with Gasteiger partial charge < -0.3 is 14.9 Å². The minimum atomic E-state index is -0.990. The molecule has 0 amide bonds. The third kappa shape index (κ3) is 1.73. The molecule has 1 atom stereocenters. The van der Waals surface area contributed by atoms with Crippen molar-refractivity contribution in [1.82, 2.24) is 4.98 Å². The van der Waals surface area contributed by atoms with E-state index in [0.29, 0.717) is 11.3 Å². The monoisotopic (exact) mass is 261 g/mol. The molecule has 3 N–H and O–H groups in total. The highest BCUT2D eigenvalue weighted by Crippen LogP contribution is 2.34. The maximum atomic E-state index is 11.5. The molecule has 100 valence electrons. The lowest BCUT2D eigenvalue weighted by molar-refractivity contribution is -0.990. The summed E-state index contributed by atoms with van der Waals surface area (Å²) in [6, 6.07) is 3.62. The van der Waals surface area contributed by atoms with Crippen LogP contribution in [0.5, 0.6) is 5.75 Å². The zero-order valence-electron chi connectivity index (χ0n) is 10.8. The normalized spacial score (nSPS) is 16.1. The number of rotatable bonds is 2. The third-order valence-electron chi connectivity index (χ3n) is 3.55. The van der Waals surface area contributed by atoms with E-state index in [9.17, 15) is 10.4 Å². The van der Waals surface area contributed by atoms with Gasteiger partial charge in [0.05, 0.1) is 18.5 Å². The number of benzene rings is 1. The Hall–Kier alpha value is -1.89. The lowest BCUT2D eigenvalue weighted by Crippen LogP contribution is -2.99. The highest BCUT2D eigenvalue weighted by atomic mass is 16.8. The average Bonchev–Trinajstić information content (AvgIpc) is 2.77. The van der Waals surface area contributed by atoms with Crippen molar-refractivity contribution in [2.24, 2.45) is 4.99 Å². The van der Waals surface area contributed by atoms with E-state index in [2.05, 4.69) is 9.98 Å². The number of fused-ring (bicyclic) bond motifs is 3. The zero-order chi connectivity index (χ0) is 13.6. The first-order valence-corrected chi connectivity index (χ1v) is 6.09. The van der Waals surface area contributed by atoms with Crippen molar-refractivity contribution in [3.05, 3.63) is 28.6 Å². The second kappa shape index (κ2) is 4.34. The maximum Gasteiger partial charge on any atom is 0.230 e. The summed E-state index contributed by atoms with van der Waals surface area (Å²) in [6.45, 7) is 2.69. The molecule has 0 bridgehead atoms. The molecule has 0 radical (unpaired) electrons. The molecule has 1 aromatic carbocycles. The molecular weight excluding hydrogens is 246 g/mol. The predicted molar refractivity (Wildman–Crippen MR) is 71.4 cm³/mol. The van der Waals surface area contributed by atoms with Gasteiger partial charge in [0, 0.05) is 11.9 Å². The van der Waals surface area contributed by atoms with Gasteiger partial charge in [0.1, 0.15) is 5.52 Å². The zero-order valence-corrected chi connectivity index (χ0v) is 10.8. The summed E-state index contributed by atoms with van der Waals surface area (Å²) in [6.07, 6.45) is 0.831. The number of methoxy groups -OCH3 is 1. The first-order chi connectivity index (χ1) is 9.13. The van der Waals surface area contributed by atoms with Gasteiger partial charge in [-0.1, -0.05) is 0 Å². The summed E-state index contributed by atoms with van der Waals surface area (Å²) in [7, 11) is 1.48. The largest absolute Gasteiger partial charge is 0.595 e. The Morgan fingerprint density at radius 1 is 1.47 bits per heavy atom. The van der Waals surface area contributed by atoms with Gasteiger partial charge in [0.25, 0.3) is 0 Å². The number of H-pyrrole nitrogens is 1. The Bertz CT molecular complexity index is 673. The number of nitrogens with one attached hydrogen (secondary N) is 2. The van der Waals surface area contributed by atoms with Crippen molar-refractivity contribution in [1.29, 1.82) is 0 Å². The van der Waals surface area contributed by atoms with E-state index < -0.39 is 5.23 Å². The third-order valence-corrected chi connectivity index (χ3v) is 3.55. The van der Waals surface area contributed by atoms with Gasteiger partial charge in [-0.25, -0.2) is 5.21 Å². The fraction of sp³-hybridized carbons (Fsp3) is 0.308. The van der Waals surface area contributed by atoms with Crippen LogP contribution in [0.25, 0.3) is 10.9 Å². The van der Waals surface area contributed by atoms with Crippen LogP contribution in [0.1, 0.15) is 18.2 Å². The van der Waals surface area contributed by atoms with Gasteiger partial charge in [0.15, 0.2) is 5.75 Å². The van der Waals surface area contributed by atoms with Crippen LogP contribution in [-0.4, -0.2) is 29.6 Å². The Balaban J connectivity index is 2.36. The van der Waals surface area contributed by atoms with E-state index in [1.165, 1.54) is 7.11 Å². The lowest BCUT2D eigenvalue weighted by Gasteiger charge is -2.15. The number of hydrogen-bond acceptors (Lipinski definition) is 4. The average molecular weight is 261 g/mol. The quantitative estimate of drug-likeness (QED) is 0.703. The van der Waals surface area contributed by atoms with E-state index in [1.807, 2.05) is 13.0 Å². The van der Waals surface area contributed by atoms with Crippen LogP contribution in [0.4, 0.5) is 5.69 Å². The summed E-state index contributed by atoms with van der Waals surface area (Å²) < 4.78 is 5.14. The van der Waals surface area contributed by atoms with Gasteiger partial charge in [-0.2, -0.15) is 5.23 Å². The Morgan fingerprint density at radius 3 is 2.95 bits per heavy atom. The van der Waals surface area contributed by atoms with Gasteiger partial charge >= 0.3 is 0 Å². The van der Waals surface area contributed by atoms with Crippen molar-refractivity contribution < 1.29 is 15.2 Å². The molecule has 1 aliphatic heterocycles. The molecule has 1 aromatic heterocycles. The summed E-state index contributed by atoms with van der Waals surface area (Å²) in [5.41, 5.74) is 3.81. The van der Waals surface area contributed by atoms with E-state index in [0.717, 1.165) is 35.3 Å². The maximum absolute atomic E-state index is 11.5. The van der Waals surface area contributed by atoms with Crippen LogP contribution in [0.3, 0.4) is 0 Å². The molecule has 6 heteroatoms. The van der Waals surface area contributed by atoms with Crippen LogP contribution in [0.2, 0.25) is 0 Å². The molecule has 1 unspecified atom stereocenters. The number of ether oxygens (including phenoxy) is 1. The van der Waals surface area contributed by atoms with Crippen LogP contribution in [-0.2, 0) is 6.42 Å². The van der Waals surface area contributed by atoms with Crippen molar-refractivity contribution in [3.8, 4) is 5.75 Å². The van der Waals surface area contributed by atoms with Crippen molar-refractivity contribution in [3.63, 3.8) is 0 Å². The summed E-state index contributed by atoms with van der Waals surface area (Å²) in [5, 5.41) is 20.8. The van der Waals surface area contributed by atoms with E-state index in [4.69, 9.17) is 4.74 Å². The minimum absolute atomic E-state index is 0.183. The second-order valence-corrected chi connectivity index (χ2v) is 4.57. The standard InChI is InChI=1S/C13H15N3O3/c1-7-11-9(5-6-14-7)8-3-4-10(19-2)13(16(17)18)12(8)15-11/h3-4,15-17H,5-6H2,1-2H3. The van der Waals surface area contributed by atoms with Crippen LogP contribution < -0.4 is 9.96 Å². The first-order valence-electron chi connectivity index (χ1n) is 6.09. The molecule has 2 aromatic rings. The molecule has 0 fully saturated rings. The molecule has 19 heavy (non-hydrogen) atoms. The Kier molecular flexibility index (Phi) is 2.78. The first kappa shape index (κ1) is 12.2. The predicted octanol–water partition coefficient (Wildman–Crippen LogP) is 0.945. The fourth-order valence-electron chi connectivity index (χ4n) is 2.67. The van der Waals surface area contributed by atoms with Gasteiger partial charge in [0.2, 0.25) is 5.69 Å². The smallest absolute Gasteiger partial charge is 0.230 e. The number of hydrogen-bond donors (Lipinski definition) is 3. The van der Waals surface area contributed by atoms with Gasteiger partial charge in [-0.15, -0.1) is 0 Å². The molecule has 0 spiro atoms. The van der Waals surface area contributed by atoms with E-state index in [1.54, 1.807) is 6.07 Å². The number of aromatic nitrogens is 1. The Labute approximate surface area is 109 Å². The Morgan fingerprint density at radius 2 is 2.26 bits per heavy atom. The SMILES string of the molecule is COc1ccc2c3c([nH]c2c1[NH+]([O-])O)C(C)=NCC3. The number of aliphatic imine (C=N–C) groups is 1. The van der Waals surface area contributed by atoms with Crippen molar-refractivity contribution >= 4 is 22.3 Å². The van der Waals surface area contributed by atoms with Crippen molar-refractivity contribution in [2.75, 3.05) is 13.7 Å². The van der Waals surface area contributed by atoms with Crippen LogP contribution >= 0.6 is 0 Å². The number of quaternary nitrogens is 1. The fourth-order valence-corrected chi connectivity index (χ4v) is 2.67. The number of nitrogens with zero attached hydrogens (tertiary/aromatic N) is 1. The highest BCUT2D eigenvalue weighted by Gasteiger charge is 2.23. The highest BCUT2D eigenvalue weighted by molar-refractivity contribution is 6.07. The summed E-state index contributed by atoms with van der Waals surface area (Å²) in [4.78, 5) is 7.59.